The molecule has 6 nitrogen and oxygen atoms in total. The summed E-state index contributed by atoms with van der Waals surface area (Å²) in [7, 11) is 1.63. The molecule has 3 saturated heterocycles. The molecule has 2 bridgehead atoms. The molecule has 0 unspecified atom stereocenters. The number of carbonyl (C=O) groups excluding carboxylic acids is 2. The molecule has 6 rings (SSSR count). The van der Waals surface area contributed by atoms with Crippen LogP contribution in [0.5, 0.6) is 5.75 Å². The van der Waals surface area contributed by atoms with E-state index in [4.69, 9.17) is 4.74 Å². The molecule has 0 radical (unpaired) electrons. The van der Waals surface area contributed by atoms with Crippen LogP contribution in [0.2, 0.25) is 0 Å². The van der Waals surface area contributed by atoms with E-state index in [0.717, 1.165) is 66.7 Å². The quantitative estimate of drug-likeness (QED) is 0.553. The zero-order valence-corrected chi connectivity index (χ0v) is 21.1. The highest BCUT2D eigenvalue weighted by Gasteiger charge is 2.52. The Morgan fingerprint density at radius 3 is 2.32 bits per heavy atom. The molecule has 3 aliphatic heterocycles. The molecule has 1 saturated carbocycles. The minimum atomic E-state index is -0.611. The van der Waals surface area contributed by atoms with E-state index < -0.39 is 11.5 Å². The largest absolute Gasteiger partial charge is 0.497 e. The number of halogens is 1. The highest BCUT2D eigenvalue weighted by molar-refractivity contribution is 9.10. The topological polar surface area (TPSA) is 70.7 Å². The maximum absolute atomic E-state index is 13.5. The number of fused-ring (bicyclic) bond motifs is 3. The second-order valence-electron chi connectivity index (χ2n) is 9.92. The number of methoxy groups -OCH3 is 1. The van der Waals surface area contributed by atoms with Crippen molar-refractivity contribution in [3.05, 3.63) is 64.1 Å². The monoisotopic (exact) mass is 525 g/mol. The third-order valence-corrected chi connectivity index (χ3v) is 8.31. The number of carbonyl (C=O) groups is 2. The summed E-state index contributed by atoms with van der Waals surface area (Å²) < 4.78 is 6.26. The Morgan fingerprint density at radius 1 is 1.09 bits per heavy atom. The van der Waals surface area contributed by atoms with Crippen LogP contribution in [-0.4, -0.2) is 55.5 Å². The Bertz CT molecular complexity index is 1030. The number of hydrogen-bond donors (Lipinski definition) is 2. The first-order valence-corrected chi connectivity index (χ1v) is 13.0. The zero-order chi connectivity index (χ0) is 23.7. The summed E-state index contributed by atoms with van der Waals surface area (Å²) in [6.07, 6.45) is 4.31. The zero-order valence-electron chi connectivity index (χ0n) is 19.6. The van der Waals surface area contributed by atoms with Gasteiger partial charge in [-0.25, -0.2) is 0 Å². The van der Waals surface area contributed by atoms with E-state index in [9.17, 15) is 9.59 Å². The third kappa shape index (κ3) is 4.86. The van der Waals surface area contributed by atoms with Crippen LogP contribution in [0.4, 0.5) is 0 Å². The van der Waals surface area contributed by atoms with E-state index in [-0.39, 0.29) is 17.9 Å². The van der Waals surface area contributed by atoms with Crippen LogP contribution in [-0.2, 0) is 21.4 Å². The standard InChI is InChI=1S/C27H32BrN3O3/c1-34-22-8-4-20(5-9-22)27(12-13-27)26(33)30-23(16-18-2-6-21(28)7-3-18)25(32)29-24-17-31-14-10-19(24)11-15-31/h2-9,19,23-24H,10-17H2,1H3,(H,29,32)(H,30,33)/t23-,24-/m0/s1. The smallest absolute Gasteiger partial charge is 0.243 e. The molecule has 4 aliphatic rings. The fourth-order valence-corrected chi connectivity index (χ4v) is 5.72. The van der Waals surface area contributed by atoms with E-state index in [1.165, 1.54) is 0 Å². The van der Waals surface area contributed by atoms with Crippen LogP contribution in [0.15, 0.2) is 53.0 Å². The lowest BCUT2D eigenvalue weighted by molar-refractivity contribution is -0.131. The van der Waals surface area contributed by atoms with Gasteiger partial charge < -0.3 is 20.3 Å². The van der Waals surface area contributed by atoms with Crippen LogP contribution < -0.4 is 15.4 Å². The maximum atomic E-state index is 13.5. The van der Waals surface area contributed by atoms with Crippen molar-refractivity contribution in [1.29, 1.82) is 0 Å². The summed E-state index contributed by atoms with van der Waals surface area (Å²) in [5.74, 6) is 1.15. The van der Waals surface area contributed by atoms with Crippen LogP contribution in [0.25, 0.3) is 0 Å². The molecular weight excluding hydrogens is 494 g/mol. The Morgan fingerprint density at radius 2 is 1.76 bits per heavy atom. The van der Waals surface area contributed by atoms with Crippen LogP contribution in [0.1, 0.15) is 36.8 Å². The number of rotatable bonds is 8. The summed E-state index contributed by atoms with van der Waals surface area (Å²) >= 11 is 3.47. The van der Waals surface area contributed by atoms with Crippen molar-refractivity contribution in [2.24, 2.45) is 5.92 Å². The van der Waals surface area contributed by atoms with E-state index >= 15 is 0 Å². The third-order valence-electron chi connectivity index (χ3n) is 7.79. The summed E-state index contributed by atoms with van der Waals surface area (Å²) in [5, 5.41) is 6.43. The average molecular weight is 526 g/mol. The van der Waals surface area contributed by atoms with Gasteiger partial charge in [-0.15, -0.1) is 0 Å². The molecule has 1 aliphatic carbocycles. The van der Waals surface area contributed by atoms with Crippen molar-refractivity contribution >= 4 is 27.7 Å². The van der Waals surface area contributed by atoms with Gasteiger partial charge in [-0.2, -0.15) is 0 Å². The van der Waals surface area contributed by atoms with Crippen LogP contribution in [0.3, 0.4) is 0 Å². The van der Waals surface area contributed by atoms with Crippen LogP contribution in [0, 0.1) is 5.92 Å². The van der Waals surface area contributed by atoms with Gasteiger partial charge in [0.1, 0.15) is 11.8 Å². The first-order valence-electron chi connectivity index (χ1n) is 12.2. The fourth-order valence-electron chi connectivity index (χ4n) is 5.46. The van der Waals surface area contributed by atoms with E-state index in [1.54, 1.807) is 7.11 Å². The van der Waals surface area contributed by atoms with Gasteiger partial charge in [0.05, 0.1) is 12.5 Å². The van der Waals surface area contributed by atoms with Gasteiger partial charge in [-0.1, -0.05) is 40.2 Å². The second kappa shape index (κ2) is 9.70. The molecule has 2 aromatic carbocycles. The van der Waals surface area contributed by atoms with Crippen LogP contribution >= 0.6 is 15.9 Å². The van der Waals surface area contributed by atoms with Gasteiger partial charge in [0, 0.05) is 23.5 Å². The van der Waals surface area contributed by atoms with Gasteiger partial charge >= 0.3 is 0 Å². The SMILES string of the molecule is COc1ccc(C2(C(=O)N[C@@H](Cc3ccc(Br)cc3)C(=O)N[C@H]3C[N@]4CC[C@H]3CC4)CC2)cc1. The van der Waals surface area contributed by atoms with Gasteiger partial charge in [0.2, 0.25) is 11.8 Å². The fraction of sp³-hybridized carbons (Fsp3) is 0.481. The van der Waals surface area contributed by atoms with Crippen molar-refractivity contribution in [2.75, 3.05) is 26.7 Å². The highest BCUT2D eigenvalue weighted by Crippen LogP contribution is 2.48. The minimum absolute atomic E-state index is 0.0659. The summed E-state index contributed by atoms with van der Waals surface area (Å²) in [5.41, 5.74) is 1.44. The van der Waals surface area contributed by atoms with E-state index in [2.05, 4.69) is 31.5 Å². The van der Waals surface area contributed by atoms with Crippen molar-refractivity contribution in [3.63, 3.8) is 0 Å². The number of nitrogens with one attached hydrogen (secondary N) is 2. The Kier molecular flexibility index (Phi) is 6.67. The average Bonchev–Trinajstić information content (AvgIpc) is 3.68. The Hall–Kier alpha value is -2.38. The first kappa shape index (κ1) is 23.4. The molecule has 2 atom stereocenters. The molecular formula is C27H32BrN3O3. The number of hydrogen-bond acceptors (Lipinski definition) is 4. The first-order chi connectivity index (χ1) is 16.5. The molecule has 2 N–H and O–H groups in total. The lowest BCUT2D eigenvalue weighted by Crippen LogP contribution is -2.60. The number of amides is 2. The lowest BCUT2D eigenvalue weighted by Gasteiger charge is -2.45. The Balaban J connectivity index is 1.32. The molecule has 180 valence electrons. The summed E-state index contributed by atoms with van der Waals surface area (Å²) in [4.78, 5) is 29.4. The molecule has 3 heterocycles. The maximum Gasteiger partial charge on any atom is 0.243 e. The number of ether oxygens (including phenoxy) is 1. The normalized spacial score (nSPS) is 25.3. The van der Waals surface area contributed by atoms with Gasteiger partial charge in [0.25, 0.3) is 0 Å². The number of benzene rings is 2. The number of nitrogens with zero attached hydrogens (tertiary/aromatic N) is 1. The molecule has 34 heavy (non-hydrogen) atoms. The minimum Gasteiger partial charge on any atom is -0.497 e. The molecule has 2 amide bonds. The second-order valence-corrected chi connectivity index (χ2v) is 10.8. The van der Waals surface area contributed by atoms with Gasteiger partial charge in [-0.3, -0.25) is 9.59 Å². The van der Waals surface area contributed by atoms with Gasteiger partial charge in [-0.05, 0) is 80.1 Å². The van der Waals surface area contributed by atoms with Crippen molar-refractivity contribution in [2.45, 2.75) is 49.6 Å². The van der Waals surface area contributed by atoms with Crippen molar-refractivity contribution < 1.29 is 14.3 Å². The summed E-state index contributed by atoms with van der Waals surface area (Å²) in [6.45, 7) is 3.16. The van der Waals surface area contributed by atoms with Crippen molar-refractivity contribution in [1.82, 2.24) is 15.5 Å². The molecule has 7 heteroatoms. The highest BCUT2D eigenvalue weighted by atomic mass is 79.9. The predicted molar refractivity (Wildman–Crippen MR) is 135 cm³/mol. The molecule has 0 aromatic heterocycles. The number of piperidine rings is 3. The van der Waals surface area contributed by atoms with E-state index in [1.807, 2.05) is 48.5 Å². The predicted octanol–water partition coefficient (Wildman–Crippen LogP) is 3.43. The van der Waals surface area contributed by atoms with E-state index in [0.29, 0.717) is 12.3 Å². The Labute approximate surface area is 209 Å². The lowest BCUT2D eigenvalue weighted by atomic mass is 9.84. The van der Waals surface area contributed by atoms with Gasteiger partial charge in [0.15, 0.2) is 0 Å². The molecule has 2 aromatic rings. The van der Waals surface area contributed by atoms with Crippen molar-refractivity contribution in [3.8, 4) is 5.75 Å². The molecule has 0 spiro atoms. The summed E-state index contributed by atoms with van der Waals surface area (Å²) in [6, 6.07) is 15.2. The molecule has 4 fully saturated rings.